The van der Waals surface area contributed by atoms with Gasteiger partial charge in [-0.2, -0.15) is 13.2 Å². The molecule has 4 heterocycles. The van der Waals surface area contributed by atoms with Gasteiger partial charge in [0.1, 0.15) is 17.9 Å². The van der Waals surface area contributed by atoms with Crippen molar-refractivity contribution in [3.63, 3.8) is 0 Å². The second-order valence-corrected chi connectivity index (χ2v) is 13.7. The summed E-state index contributed by atoms with van der Waals surface area (Å²) in [6.45, 7) is 16.2. The molecule has 270 valence electrons. The highest BCUT2D eigenvalue weighted by molar-refractivity contribution is 6.04. The van der Waals surface area contributed by atoms with Crippen LogP contribution in [0.1, 0.15) is 56.2 Å². The highest BCUT2D eigenvalue weighted by Crippen LogP contribution is 2.34. The molecule has 1 aromatic carbocycles. The number of halogens is 3. The van der Waals surface area contributed by atoms with Gasteiger partial charge in [0, 0.05) is 73.4 Å². The maximum absolute atomic E-state index is 13.2. The first-order chi connectivity index (χ1) is 23.6. The molecule has 0 bridgehead atoms. The number of carbonyl (C=O) groups is 2. The number of morpholine rings is 1. The van der Waals surface area contributed by atoms with Crippen LogP contribution >= 0.6 is 0 Å². The van der Waals surface area contributed by atoms with Gasteiger partial charge in [0.25, 0.3) is 5.91 Å². The summed E-state index contributed by atoms with van der Waals surface area (Å²) in [5.74, 6) is -0.207. The Morgan fingerprint density at radius 1 is 1.00 bits per heavy atom. The average Bonchev–Trinajstić information content (AvgIpc) is 3.06. The van der Waals surface area contributed by atoms with Crippen LogP contribution in [0.5, 0.6) is 5.88 Å². The van der Waals surface area contributed by atoms with E-state index in [0.29, 0.717) is 75.4 Å². The standard InChI is InChI=1S/C36H45F3N6O5/c1-23-22-45(34(47)50-35(4,5)6)24(2)21-44(23)12-15-49-33-31(43-10-13-48-14-11-43)17-27(19-41-33)30-18-29(20-40-25(30)3)42-32(46)26-8-7-9-28(16-26)36(37,38)39/h7-9,16-20,23-24H,10-15,21-22H2,1-6H3,(H,42,46). The normalized spacial score (nSPS) is 18.9. The zero-order valence-corrected chi connectivity index (χ0v) is 29.3. The number of aryl methyl sites for hydroxylation is 1. The minimum atomic E-state index is -4.56. The smallest absolute Gasteiger partial charge is 0.416 e. The Hall–Kier alpha value is -4.43. The number of benzene rings is 1. The lowest BCUT2D eigenvalue weighted by atomic mass is 10.0. The highest BCUT2D eigenvalue weighted by Gasteiger charge is 2.34. The third-order valence-corrected chi connectivity index (χ3v) is 8.65. The van der Waals surface area contributed by atoms with E-state index in [2.05, 4.69) is 27.0 Å². The number of alkyl halides is 3. The zero-order valence-electron chi connectivity index (χ0n) is 29.3. The van der Waals surface area contributed by atoms with Crippen molar-refractivity contribution in [2.45, 2.75) is 65.4 Å². The van der Waals surface area contributed by atoms with Crippen molar-refractivity contribution < 1.29 is 37.0 Å². The van der Waals surface area contributed by atoms with Crippen LogP contribution in [0.2, 0.25) is 0 Å². The number of carbonyl (C=O) groups excluding carboxylic acids is 2. The van der Waals surface area contributed by atoms with E-state index < -0.39 is 23.2 Å². The number of pyridine rings is 2. The van der Waals surface area contributed by atoms with E-state index in [1.54, 1.807) is 17.2 Å². The van der Waals surface area contributed by atoms with Crippen LogP contribution in [-0.4, -0.2) is 102 Å². The molecule has 0 radical (unpaired) electrons. The molecular formula is C36H45F3N6O5. The second kappa shape index (κ2) is 15.2. The second-order valence-electron chi connectivity index (χ2n) is 13.7. The summed E-state index contributed by atoms with van der Waals surface area (Å²) in [5.41, 5.74) is 1.66. The summed E-state index contributed by atoms with van der Waals surface area (Å²) < 4.78 is 57.1. The number of rotatable bonds is 8. The molecule has 0 saturated carbocycles. The Labute approximate surface area is 290 Å². The summed E-state index contributed by atoms with van der Waals surface area (Å²) in [5, 5.41) is 2.67. The largest absolute Gasteiger partial charge is 0.475 e. The first kappa shape index (κ1) is 36.8. The van der Waals surface area contributed by atoms with Gasteiger partial charge >= 0.3 is 12.3 Å². The van der Waals surface area contributed by atoms with Gasteiger partial charge in [-0.15, -0.1) is 0 Å². The molecule has 2 atom stereocenters. The molecule has 3 aromatic rings. The lowest BCUT2D eigenvalue weighted by Gasteiger charge is -2.44. The van der Waals surface area contributed by atoms with E-state index in [9.17, 15) is 22.8 Å². The Bertz CT molecular complexity index is 1670. The molecule has 1 N–H and O–H groups in total. The van der Waals surface area contributed by atoms with Crippen molar-refractivity contribution in [1.82, 2.24) is 19.8 Å². The van der Waals surface area contributed by atoms with Gasteiger partial charge in [-0.1, -0.05) is 6.07 Å². The molecule has 2 unspecified atom stereocenters. The Balaban J connectivity index is 1.30. The minimum Gasteiger partial charge on any atom is -0.475 e. The van der Waals surface area contributed by atoms with Crippen LogP contribution in [0.15, 0.2) is 48.8 Å². The lowest BCUT2D eigenvalue weighted by molar-refractivity contribution is -0.137. The molecule has 2 amide bonds. The fourth-order valence-electron chi connectivity index (χ4n) is 6.01. The summed E-state index contributed by atoms with van der Waals surface area (Å²) >= 11 is 0. The topological polar surface area (TPSA) is 109 Å². The fourth-order valence-corrected chi connectivity index (χ4v) is 6.01. The molecule has 0 aliphatic carbocycles. The summed E-state index contributed by atoms with van der Waals surface area (Å²) in [6.07, 6.45) is -1.72. The van der Waals surface area contributed by atoms with Gasteiger partial charge in [0.05, 0.1) is 30.7 Å². The maximum atomic E-state index is 13.2. The number of hydrogen-bond donors (Lipinski definition) is 1. The summed E-state index contributed by atoms with van der Waals surface area (Å²) in [6, 6.07) is 8.06. The van der Waals surface area contributed by atoms with Gasteiger partial charge in [-0.3, -0.25) is 14.7 Å². The fraction of sp³-hybridized carbons (Fsp3) is 0.500. The number of nitrogens with zero attached hydrogens (tertiary/aromatic N) is 5. The molecular weight excluding hydrogens is 653 g/mol. The number of aromatic nitrogens is 2. The van der Waals surface area contributed by atoms with Crippen molar-refractivity contribution in [3.8, 4) is 17.0 Å². The number of hydrogen-bond acceptors (Lipinski definition) is 9. The summed E-state index contributed by atoms with van der Waals surface area (Å²) in [7, 11) is 0. The molecule has 2 aliphatic heterocycles. The Morgan fingerprint density at radius 2 is 1.74 bits per heavy atom. The predicted molar refractivity (Wildman–Crippen MR) is 184 cm³/mol. The zero-order chi connectivity index (χ0) is 36.2. The molecule has 2 aliphatic rings. The molecule has 2 aromatic heterocycles. The van der Waals surface area contributed by atoms with Crippen LogP contribution in [0.4, 0.5) is 29.3 Å². The predicted octanol–water partition coefficient (Wildman–Crippen LogP) is 6.27. The summed E-state index contributed by atoms with van der Waals surface area (Å²) in [4.78, 5) is 41.1. The first-order valence-electron chi connectivity index (χ1n) is 16.7. The Kier molecular flexibility index (Phi) is 11.2. The number of piperazine rings is 1. The molecule has 0 spiro atoms. The third-order valence-electron chi connectivity index (χ3n) is 8.65. The van der Waals surface area contributed by atoms with Crippen molar-refractivity contribution in [3.05, 3.63) is 65.6 Å². The quantitative estimate of drug-likeness (QED) is 0.291. The molecule has 2 fully saturated rings. The molecule has 5 rings (SSSR count). The average molecular weight is 699 g/mol. The van der Waals surface area contributed by atoms with Gasteiger partial charge in [0.15, 0.2) is 0 Å². The lowest BCUT2D eigenvalue weighted by Crippen LogP contribution is -2.59. The SMILES string of the molecule is Cc1ncc(NC(=O)c2cccc(C(F)(F)F)c2)cc1-c1cnc(OCCN2CC(C)N(C(=O)OC(C)(C)C)CC2C)c(N2CCOCC2)c1. The molecule has 2 saturated heterocycles. The molecule has 14 heteroatoms. The van der Waals surface area contributed by atoms with Crippen LogP contribution in [0, 0.1) is 6.92 Å². The van der Waals surface area contributed by atoms with Crippen LogP contribution in [0.25, 0.3) is 11.1 Å². The maximum Gasteiger partial charge on any atom is 0.416 e. The van der Waals surface area contributed by atoms with Gasteiger partial charge in [0.2, 0.25) is 5.88 Å². The van der Waals surface area contributed by atoms with Crippen molar-refractivity contribution in [2.24, 2.45) is 0 Å². The monoisotopic (exact) mass is 698 g/mol. The number of amides is 2. The van der Waals surface area contributed by atoms with E-state index in [1.165, 1.54) is 18.3 Å². The van der Waals surface area contributed by atoms with Gasteiger partial charge in [-0.05, 0) is 71.9 Å². The van der Waals surface area contributed by atoms with Crippen LogP contribution in [0.3, 0.4) is 0 Å². The molecule has 50 heavy (non-hydrogen) atoms. The number of anilines is 2. The third kappa shape index (κ3) is 9.21. The van der Waals surface area contributed by atoms with Gasteiger partial charge in [-0.25, -0.2) is 9.78 Å². The van der Waals surface area contributed by atoms with Crippen molar-refractivity contribution in [2.75, 3.05) is 62.8 Å². The Morgan fingerprint density at radius 3 is 2.44 bits per heavy atom. The molecule has 11 nitrogen and oxygen atoms in total. The van der Waals surface area contributed by atoms with Crippen LogP contribution in [-0.2, 0) is 15.7 Å². The first-order valence-corrected chi connectivity index (χ1v) is 16.7. The van der Waals surface area contributed by atoms with E-state index in [1.807, 2.05) is 40.7 Å². The number of nitrogens with one attached hydrogen (secondary N) is 1. The van der Waals surface area contributed by atoms with E-state index in [-0.39, 0.29) is 23.7 Å². The van der Waals surface area contributed by atoms with Crippen LogP contribution < -0.4 is 15.0 Å². The number of ether oxygens (including phenoxy) is 3. The highest BCUT2D eigenvalue weighted by atomic mass is 19.4. The van der Waals surface area contributed by atoms with E-state index in [4.69, 9.17) is 19.2 Å². The van der Waals surface area contributed by atoms with Gasteiger partial charge < -0.3 is 29.3 Å². The van der Waals surface area contributed by atoms with E-state index >= 15 is 0 Å². The van der Waals surface area contributed by atoms with Crippen molar-refractivity contribution >= 4 is 23.4 Å². The van der Waals surface area contributed by atoms with E-state index in [0.717, 1.165) is 23.4 Å². The van der Waals surface area contributed by atoms with Crippen molar-refractivity contribution in [1.29, 1.82) is 0 Å². The minimum absolute atomic E-state index is 0.0233.